The van der Waals surface area contributed by atoms with E-state index in [1.807, 2.05) is 6.92 Å². The van der Waals surface area contributed by atoms with Gasteiger partial charge in [-0.15, -0.1) is 0 Å². The average Bonchev–Trinajstić information content (AvgIpc) is 2.37. The summed E-state index contributed by atoms with van der Waals surface area (Å²) < 4.78 is 4.79. The van der Waals surface area contributed by atoms with Crippen LogP contribution in [0.25, 0.3) is 0 Å². The Morgan fingerprint density at radius 3 is 2.71 bits per heavy atom. The monoisotopic (exact) mass is 242 g/mol. The molecule has 1 rings (SSSR count). The summed E-state index contributed by atoms with van der Waals surface area (Å²) in [5.41, 5.74) is 0. The molecule has 4 nitrogen and oxygen atoms in total. The van der Waals surface area contributed by atoms with Crippen LogP contribution in [0.1, 0.15) is 33.1 Å². The molecule has 3 atom stereocenters. The minimum atomic E-state index is -0.124. The van der Waals surface area contributed by atoms with Crippen molar-refractivity contribution in [1.29, 1.82) is 0 Å². The quantitative estimate of drug-likeness (QED) is 0.737. The maximum absolute atomic E-state index is 11.5. The van der Waals surface area contributed by atoms with E-state index in [2.05, 4.69) is 24.2 Å². The lowest BCUT2D eigenvalue weighted by atomic mass is 10.00. The molecule has 0 aliphatic carbocycles. The lowest BCUT2D eigenvalue weighted by Crippen LogP contribution is -2.47. The van der Waals surface area contributed by atoms with Crippen molar-refractivity contribution in [2.24, 2.45) is 5.92 Å². The van der Waals surface area contributed by atoms with Crippen LogP contribution in [-0.2, 0) is 9.53 Å². The standard InChI is InChI=1S/C13H26N2O2/c1-10(13(16)17-4)11(2)15(3)9-12-7-5-6-8-14-12/h10-12,14H,5-9H2,1-4H3. The van der Waals surface area contributed by atoms with Gasteiger partial charge in [-0.25, -0.2) is 0 Å². The zero-order valence-corrected chi connectivity index (χ0v) is 11.5. The molecular formula is C13H26N2O2. The molecule has 0 bridgehead atoms. The first kappa shape index (κ1) is 14.5. The van der Waals surface area contributed by atoms with Gasteiger partial charge in [0.15, 0.2) is 0 Å². The van der Waals surface area contributed by atoms with Crippen molar-refractivity contribution in [3.05, 3.63) is 0 Å². The molecule has 0 aromatic heterocycles. The molecule has 0 aromatic carbocycles. The first-order chi connectivity index (χ1) is 8.06. The summed E-state index contributed by atoms with van der Waals surface area (Å²) in [5, 5.41) is 3.53. The number of carbonyl (C=O) groups excluding carboxylic acids is 1. The second kappa shape index (κ2) is 6.97. The number of hydrogen-bond donors (Lipinski definition) is 1. The molecular weight excluding hydrogens is 216 g/mol. The van der Waals surface area contributed by atoms with Gasteiger partial charge >= 0.3 is 5.97 Å². The number of likely N-dealkylation sites (N-methyl/N-ethyl adjacent to an activating group) is 1. The maximum atomic E-state index is 11.5. The van der Waals surface area contributed by atoms with E-state index in [1.165, 1.54) is 26.4 Å². The number of piperidine rings is 1. The highest BCUT2D eigenvalue weighted by atomic mass is 16.5. The predicted molar refractivity (Wildman–Crippen MR) is 68.9 cm³/mol. The van der Waals surface area contributed by atoms with E-state index in [4.69, 9.17) is 4.74 Å². The predicted octanol–water partition coefficient (Wildman–Crippen LogP) is 1.26. The van der Waals surface area contributed by atoms with Crippen LogP contribution in [0.3, 0.4) is 0 Å². The van der Waals surface area contributed by atoms with Gasteiger partial charge in [-0.1, -0.05) is 13.3 Å². The van der Waals surface area contributed by atoms with E-state index in [0.717, 1.165) is 13.1 Å². The van der Waals surface area contributed by atoms with Crippen molar-refractivity contribution in [3.63, 3.8) is 0 Å². The van der Waals surface area contributed by atoms with Crippen molar-refractivity contribution >= 4 is 5.97 Å². The van der Waals surface area contributed by atoms with Crippen LogP contribution in [-0.4, -0.2) is 50.2 Å². The summed E-state index contributed by atoms with van der Waals surface area (Å²) in [7, 11) is 3.54. The van der Waals surface area contributed by atoms with Gasteiger partial charge in [-0.3, -0.25) is 4.79 Å². The highest BCUT2D eigenvalue weighted by Gasteiger charge is 2.26. The molecule has 1 aliphatic heterocycles. The smallest absolute Gasteiger partial charge is 0.309 e. The summed E-state index contributed by atoms with van der Waals surface area (Å²) in [5.74, 6) is -0.199. The Bertz CT molecular complexity index is 240. The van der Waals surface area contributed by atoms with E-state index in [1.54, 1.807) is 0 Å². The minimum absolute atomic E-state index is 0.0754. The zero-order chi connectivity index (χ0) is 12.8. The van der Waals surface area contributed by atoms with E-state index < -0.39 is 0 Å². The summed E-state index contributed by atoms with van der Waals surface area (Å²) in [6.07, 6.45) is 3.84. The molecule has 4 heteroatoms. The van der Waals surface area contributed by atoms with Crippen molar-refractivity contribution in [2.75, 3.05) is 27.2 Å². The van der Waals surface area contributed by atoms with Gasteiger partial charge in [0.1, 0.15) is 0 Å². The van der Waals surface area contributed by atoms with Gasteiger partial charge in [0.25, 0.3) is 0 Å². The Hall–Kier alpha value is -0.610. The number of nitrogens with zero attached hydrogens (tertiary/aromatic N) is 1. The molecule has 100 valence electrons. The summed E-state index contributed by atoms with van der Waals surface area (Å²) in [6.45, 7) is 6.15. The van der Waals surface area contributed by atoms with Crippen LogP contribution >= 0.6 is 0 Å². The van der Waals surface area contributed by atoms with Gasteiger partial charge in [0.2, 0.25) is 0 Å². The van der Waals surface area contributed by atoms with Gasteiger partial charge in [0, 0.05) is 18.6 Å². The average molecular weight is 242 g/mol. The minimum Gasteiger partial charge on any atom is -0.469 e. The largest absolute Gasteiger partial charge is 0.469 e. The third-order valence-corrected chi connectivity index (χ3v) is 3.91. The molecule has 0 aromatic rings. The first-order valence-electron chi connectivity index (χ1n) is 6.57. The van der Waals surface area contributed by atoms with Crippen LogP contribution in [0.15, 0.2) is 0 Å². The first-order valence-corrected chi connectivity index (χ1v) is 6.57. The molecule has 0 spiro atoms. The topological polar surface area (TPSA) is 41.6 Å². The molecule has 1 N–H and O–H groups in total. The molecule has 0 amide bonds. The fourth-order valence-electron chi connectivity index (χ4n) is 2.36. The Labute approximate surface area is 105 Å². The van der Waals surface area contributed by atoms with Gasteiger partial charge in [0.05, 0.1) is 13.0 Å². The fourth-order valence-corrected chi connectivity index (χ4v) is 2.36. The third kappa shape index (κ3) is 4.28. The number of nitrogens with one attached hydrogen (secondary N) is 1. The maximum Gasteiger partial charge on any atom is 0.309 e. The molecule has 1 fully saturated rings. The van der Waals surface area contributed by atoms with Crippen molar-refractivity contribution in [1.82, 2.24) is 10.2 Å². The highest BCUT2D eigenvalue weighted by molar-refractivity contribution is 5.72. The summed E-state index contributed by atoms with van der Waals surface area (Å²) in [6, 6.07) is 0.784. The number of esters is 1. The molecule has 1 heterocycles. The van der Waals surface area contributed by atoms with Crippen LogP contribution in [0, 0.1) is 5.92 Å². The van der Waals surface area contributed by atoms with Gasteiger partial charge < -0.3 is 15.0 Å². The van der Waals surface area contributed by atoms with E-state index in [9.17, 15) is 4.79 Å². The van der Waals surface area contributed by atoms with Crippen LogP contribution in [0.5, 0.6) is 0 Å². The molecule has 1 saturated heterocycles. The van der Waals surface area contributed by atoms with Crippen LogP contribution < -0.4 is 5.32 Å². The number of ether oxygens (including phenoxy) is 1. The lowest BCUT2D eigenvalue weighted by molar-refractivity contribution is -0.146. The second-order valence-electron chi connectivity index (χ2n) is 5.14. The number of rotatable bonds is 5. The van der Waals surface area contributed by atoms with Crippen molar-refractivity contribution in [3.8, 4) is 0 Å². The van der Waals surface area contributed by atoms with Crippen molar-refractivity contribution in [2.45, 2.75) is 45.2 Å². The van der Waals surface area contributed by atoms with Gasteiger partial charge in [-0.2, -0.15) is 0 Å². The second-order valence-corrected chi connectivity index (χ2v) is 5.14. The number of hydrogen-bond acceptors (Lipinski definition) is 4. The Balaban J connectivity index is 2.39. The van der Waals surface area contributed by atoms with E-state index in [-0.39, 0.29) is 17.9 Å². The third-order valence-electron chi connectivity index (χ3n) is 3.91. The molecule has 1 aliphatic rings. The fraction of sp³-hybridized carbons (Fsp3) is 0.923. The number of methoxy groups -OCH3 is 1. The normalized spacial score (nSPS) is 24.4. The molecule has 3 unspecified atom stereocenters. The van der Waals surface area contributed by atoms with Crippen molar-refractivity contribution < 1.29 is 9.53 Å². The van der Waals surface area contributed by atoms with Crippen LogP contribution in [0.2, 0.25) is 0 Å². The van der Waals surface area contributed by atoms with Crippen LogP contribution in [0.4, 0.5) is 0 Å². The molecule has 0 radical (unpaired) electrons. The Morgan fingerprint density at radius 1 is 1.47 bits per heavy atom. The Morgan fingerprint density at radius 2 is 2.18 bits per heavy atom. The molecule has 0 saturated carbocycles. The summed E-state index contributed by atoms with van der Waals surface area (Å²) in [4.78, 5) is 13.7. The van der Waals surface area contributed by atoms with Gasteiger partial charge in [-0.05, 0) is 33.4 Å². The highest BCUT2D eigenvalue weighted by Crippen LogP contribution is 2.14. The SMILES string of the molecule is COC(=O)C(C)C(C)N(C)CC1CCCCN1. The van der Waals surface area contributed by atoms with E-state index >= 15 is 0 Å². The Kier molecular flexibility index (Phi) is 5.92. The van der Waals surface area contributed by atoms with E-state index in [0.29, 0.717) is 6.04 Å². The lowest BCUT2D eigenvalue weighted by Gasteiger charge is -2.33. The summed E-state index contributed by atoms with van der Waals surface area (Å²) >= 11 is 0. The zero-order valence-electron chi connectivity index (χ0n) is 11.5. The molecule has 17 heavy (non-hydrogen) atoms. The number of carbonyl (C=O) groups is 1.